The van der Waals surface area contributed by atoms with E-state index in [4.69, 9.17) is 0 Å². The van der Waals surface area contributed by atoms with Crippen LogP contribution in [0.3, 0.4) is 0 Å². The Kier molecular flexibility index (Phi) is 4.39. The third-order valence-corrected chi connectivity index (χ3v) is 3.79. The van der Waals surface area contributed by atoms with E-state index in [0.29, 0.717) is 6.42 Å². The van der Waals surface area contributed by atoms with Crippen molar-refractivity contribution in [1.29, 1.82) is 0 Å². The maximum absolute atomic E-state index is 12.3. The number of hydrogen-bond acceptors (Lipinski definition) is 4. The minimum Gasteiger partial charge on any atom is -0.467 e. The van der Waals surface area contributed by atoms with Gasteiger partial charge in [-0.3, -0.25) is 9.59 Å². The number of likely N-dealkylation sites (tertiary alicyclic amines) is 1. The summed E-state index contributed by atoms with van der Waals surface area (Å²) >= 11 is 0. The Labute approximate surface area is 112 Å². The van der Waals surface area contributed by atoms with Crippen LogP contribution in [0, 0.1) is 5.92 Å². The highest BCUT2D eigenvalue weighted by atomic mass is 16.5. The molecule has 2 amide bonds. The Morgan fingerprint density at radius 2 is 1.95 bits per heavy atom. The Hall–Kier alpha value is -1.59. The predicted octanol–water partition coefficient (Wildman–Crippen LogP) is 0.0667. The molecule has 2 aliphatic heterocycles. The van der Waals surface area contributed by atoms with E-state index in [0.717, 1.165) is 32.4 Å². The maximum Gasteiger partial charge on any atom is 0.328 e. The SMILES string of the molecule is COC(=O)[C@@H]1CC(C(=O)N2CCCCC2)CC(=O)N1. The number of carbonyl (C=O) groups is 3. The maximum atomic E-state index is 12.3. The number of hydrogen-bond donors (Lipinski definition) is 1. The summed E-state index contributed by atoms with van der Waals surface area (Å²) in [5, 5.41) is 2.57. The molecule has 0 radical (unpaired) electrons. The summed E-state index contributed by atoms with van der Waals surface area (Å²) in [5.74, 6) is -1.12. The van der Waals surface area contributed by atoms with Gasteiger partial charge in [-0.15, -0.1) is 0 Å². The van der Waals surface area contributed by atoms with E-state index in [-0.39, 0.29) is 18.2 Å². The topological polar surface area (TPSA) is 75.7 Å². The van der Waals surface area contributed by atoms with E-state index in [1.165, 1.54) is 7.11 Å². The van der Waals surface area contributed by atoms with Crippen LogP contribution in [-0.2, 0) is 19.1 Å². The molecule has 2 heterocycles. The molecule has 0 aromatic rings. The molecule has 2 rings (SSSR count). The summed E-state index contributed by atoms with van der Waals surface area (Å²) in [7, 11) is 1.28. The van der Waals surface area contributed by atoms with Gasteiger partial charge in [-0.05, 0) is 25.7 Å². The summed E-state index contributed by atoms with van der Waals surface area (Å²) in [5.41, 5.74) is 0. The van der Waals surface area contributed by atoms with Crippen molar-refractivity contribution in [2.75, 3.05) is 20.2 Å². The van der Waals surface area contributed by atoms with Crippen molar-refractivity contribution in [2.24, 2.45) is 5.92 Å². The molecule has 0 spiro atoms. The molecule has 106 valence electrons. The lowest BCUT2D eigenvalue weighted by molar-refractivity contribution is -0.150. The second-order valence-electron chi connectivity index (χ2n) is 5.17. The highest BCUT2D eigenvalue weighted by Crippen LogP contribution is 2.22. The largest absolute Gasteiger partial charge is 0.467 e. The zero-order chi connectivity index (χ0) is 13.8. The van der Waals surface area contributed by atoms with Crippen LogP contribution < -0.4 is 5.32 Å². The Bertz CT molecular complexity index is 377. The Morgan fingerprint density at radius 3 is 2.58 bits per heavy atom. The standard InChI is InChI=1S/C13H20N2O4/c1-19-13(18)10-7-9(8-11(16)14-10)12(17)15-5-3-2-4-6-15/h9-10H,2-8H2,1H3,(H,14,16)/t9?,10-/m0/s1. The van der Waals surface area contributed by atoms with Gasteiger partial charge in [0.2, 0.25) is 11.8 Å². The minimum absolute atomic E-state index is 0.00320. The summed E-state index contributed by atoms with van der Waals surface area (Å²) in [6, 6.07) is -0.690. The van der Waals surface area contributed by atoms with E-state index in [2.05, 4.69) is 10.1 Å². The number of esters is 1. The van der Waals surface area contributed by atoms with Crippen LogP contribution in [0.15, 0.2) is 0 Å². The Morgan fingerprint density at radius 1 is 1.26 bits per heavy atom. The first-order valence-corrected chi connectivity index (χ1v) is 6.78. The first-order valence-electron chi connectivity index (χ1n) is 6.78. The highest BCUT2D eigenvalue weighted by molar-refractivity contribution is 5.91. The summed E-state index contributed by atoms with van der Waals surface area (Å²) < 4.78 is 4.63. The van der Waals surface area contributed by atoms with Crippen molar-refractivity contribution in [3.05, 3.63) is 0 Å². The first-order chi connectivity index (χ1) is 9.11. The average molecular weight is 268 g/mol. The molecule has 0 aromatic carbocycles. The van der Waals surface area contributed by atoms with Crippen LogP contribution in [0.5, 0.6) is 0 Å². The minimum atomic E-state index is -0.690. The zero-order valence-corrected chi connectivity index (χ0v) is 11.2. The predicted molar refractivity (Wildman–Crippen MR) is 67.1 cm³/mol. The molecular weight excluding hydrogens is 248 g/mol. The van der Waals surface area contributed by atoms with Crippen LogP contribution in [-0.4, -0.2) is 48.9 Å². The molecule has 0 bridgehead atoms. The lowest BCUT2D eigenvalue weighted by Crippen LogP contribution is -2.51. The van der Waals surface area contributed by atoms with Crippen LogP contribution in [0.25, 0.3) is 0 Å². The van der Waals surface area contributed by atoms with Gasteiger partial charge in [-0.2, -0.15) is 0 Å². The molecule has 19 heavy (non-hydrogen) atoms. The Balaban J connectivity index is 2.00. The van der Waals surface area contributed by atoms with Gasteiger partial charge in [0.05, 0.1) is 7.11 Å². The van der Waals surface area contributed by atoms with Gasteiger partial charge in [0.15, 0.2) is 0 Å². The molecule has 6 heteroatoms. The van der Waals surface area contributed by atoms with Crippen molar-refractivity contribution in [1.82, 2.24) is 10.2 Å². The molecular formula is C13H20N2O4. The molecule has 1 unspecified atom stereocenters. The average Bonchev–Trinajstić information content (AvgIpc) is 2.45. The number of methoxy groups -OCH3 is 1. The van der Waals surface area contributed by atoms with E-state index in [1.54, 1.807) is 0 Å². The van der Waals surface area contributed by atoms with Gasteiger partial charge in [0, 0.05) is 25.4 Å². The molecule has 2 atom stereocenters. The fourth-order valence-electron chi connectivity index (χ4n) is 2.76. The number of nitrogens with one attached hydrogen (secondary N) is 1. The molecule has 0 aliphatic carbocycles. The van der Waals surface area contributed by atoms with E-state index < -0.39 is 17.9 Å². The lowest BCUT2D eigenvalue weighted by atomic mass is 9.90. The molecule has 2 fully saturated rings. The van der Waals surface area contributed by atoms with E-state index in [9.17, 15) is 14.4 Å². The zero-order valence-electron chi connectivity index (χ0n) is 11.2. The first kappa shape index (κ1) is 13.8. The molecule has 6 nitrogen and oxygen atoms in total. The number of ether oxygens (including phenoxy) is 1. The fourth-order valence-corrected chi connectivity index (χ4v) is 2.76. The van der Waals surface area contributed by atoms with E-state index in [1.807, 2.05) is 4.90 Å². The monoisotopic (exact) mass is 268 g/mol. The smallest absolute Gasteiger partial charge is 0.328 e. The van der Waals surface area contributed by atoms with Gasteiger partial charge in [-0.25, -0.2) is 4.79 Å². The normalized spacial score (nSPS) is 27.6. The summed E-state index contributed by atoms with van der Waals surface area (Å²) in [4.78, 5) is 37.3. The summed E-state index contributed by atoms with van der Waals surface area (Å²) in [6.07, 6.45) is 3.70. The number of rotatable bonds is 2. The van der Waals surface area contributed by atoms with Crippen LogP contribution >= 0.6 is 0 Å². The van der Waals surface area contributed by atoms with Gasteiger partial charge >= 0.3 is 5.97 Å². The quantitative estimate of drug-likeness (QED) is 0.719. The van der Waals surface area contributed by atoms with Crippen molar-refractivity contribution in [3.63, 3.8) is 0 Å². The summed E-state index contributed by atoms with van der Waals surface area (Å²) in [6.45, 7) is 1.53. The number of carbonyl (C=O) groups excluding carboxylic acids is 3. The number of piperidine rings is 2. The van der Waals surface area contributed by atoms with Crippen molar-refractivity contribution in [3.8, 4) is 0 Å². The van der Waals surface area contributed by atoms with Gasteiger partial charge in [0.1, 0.15) is 6.04 Å². The second-order valence-corrected chi connectivity index (χ2v) is 5.17. The van der Waals surface area contributed by atoms with Crippen LogP contribution in [0.2, 0.25) is 0 Å². The molecule has 0 saturated carbocycles. The molecule has 1 N–H and O–H groups in total. The van der Waals surface area contributed by atoms with Gasteiger partial charge in [-0.1, -0.05) is 0 Å². The van der Waals surface area contributed by atoms with Gasteiger partial charge in [0.25, 0.3) is 0 Å². The van der Waals surface area contributed by atoms with Crippen molar-refractivity contribution < 1.29 is 19.1 Å². The third kappa shape index (κ3) is 3.24. The fraction of sp³-hybridized carbons (Fsp3) is 0.769. The van der Waals surface area contributed by atoms with Crippen LogP contribution in [0.4, 0.5) is 0 Å². The van der Waals surface area contributed by atoms with Crippen LogP contribution in [0.1, 0.15) is 32.1 Å². The van der Waals surface area contributed by atoms with Gasteiger partial charge < -0.3 is 15.0 Å². The lowest BCUT2D eigenvalue weighted by Gasteiger charge is -2.33. The molecule has 2 aliphatic rings. The number of amides is 2. The third-order valence-electron chi connectivity index (χ3n) is 3.79. The molecule has 0 aromatic heterocycles. The highest BCUT2D eigenvalue weighted by Gasteiger charge is 2.37. The second kappa shape index (κ2) is 6.04. The van der Waals surface area contributed by atoms with Crippen molar-refractivity contribution >= 4 is 17.8 Å². The van der Waals surface area contributed by atoms with E-state index >= 15 is 0 Å². The molecule has 2 saturated heterocycles. The van der Waals surface area contributed by atoms with Crippen molar-refractivity contribution in [2.45, 2.75) is 38.1 Å². The number of nitrogens with zero attached hydrogens (tertiary/aromatic N) is 1.